The molecule has 3 rings (SSSR count). The van der Waals surface area contributed by atoms with Gasteiger partial charge >= 0.3 is 12.1 Å². The minimum Gasteiger partial charge on any atom is -0.466 e. The van der Waals surface area contributed by atoms with E-state index in [-0.39, 0.29) is 29.2 Å². The minimum absolute atomic E-state index is 0.0303. The molecule has 1 aromatic rings. The number of likely N-dealkylation sites (tertiary alicyclic amines) is 1. The molecule has 6 heteroatoms. The van der Waals surface area contributed by atoms with Crippen molar-refractivity contribution < 1.29 is 23.5 Å². The molecule has 1 fully saturated rings. The first-order valence-corrected chi connectivity index (χ1v) is 10.1. The number of hydrogen-bond acceptors (Lipinski definition) is 4. The Balaban J connectivity index is 1.77. The first-order valence-electron chi connectivity index (χ1n) is 10.1. The Kier molecular flexibility index (Phi) is 5.69. The van der Waals surface area contributed by atoms with Crippen LogP contribution in [0.2, 0.25) is 0 Å². The van der Waals surface area contributed by atoms with Crippen LogP contribution in [0.5, 0.6) is 0 Å². The Morgan fingerprint density at radius 1 is 1.25 bits per heavy atom. The molecule has 1 atom stereocenters. The summed E-state index contributed by atoms with van der Waals surface area (Å²) in [4.78, 5) is 26.2. The average Bonchev–Trinajstić information content (AvgIpc) is 2.87. The van der Waals surface area contributed by atoms with Crippen molar-refractivity contribution in [3.05, 3.63) is 35.1 Å². The fourth-order valence-corrected chi connectivity index (χ4v) is 4.56. The quantitative estimate of drug-likeness (QED) is 0.710. The maximum absolute atomic E-state index is 14.0. The maximum Gasteiger partial charge on any atom is 0.410 e. The molecule has 1 saturated heterocycles. The number of hydrogen-bond donors (Lipinski definition) is 0. The Bertz CT molecular complexity index is 747. The summed E-state index contributed by atoms with van der Waals surface area (Å²) in [6, 6.07) is 4.89. The third-order valence-corrected chi connectivity index (χ3v) is 5.75. The van der Waals surface area contributed by atoms with Crippen LogP contribution < -0.4 is 0 Å². The SMILES string of the molecule is CCOC(=O)C[C@H]1CC2(CCN(C(=O)OC(C)(C)C)CC2)c2cc(F)ccc21. The monoisotopic (exact) mass is 391 g/mol. The molecule has 5 nitrogen and oxygen atoms in total. The summed E-state index contributed by atoms with van der Waals surface area (Å²) in [7, 11) is 0. The van der Waals surface area contributed by atoms with Crippen LogP contribution in [0.15, 0.2) is 18.2 Å². The molecule has 1 aliphatic heterocycles. The Morgan fingerprint density at radius 2 is 1.93 bits per heavy atom. The van der Waals surface area contributed by atoms with Gasteiger partial charge in [0.2, 0.25) is 0 Å². The molecular weight excluding hydrogens is 361 g/mol. The smallest absolute Gasteiger partial charge is 0.410 e. The van der Waals surface area contributed by atoms with Gasteiger partial charge in [-0.05, 0) is 81.5 Å². The minimum atomic E-state index is -0.528. The highest BCUT2D eigenvalue weighted by atomic mass is 19.1. The van der Waals surface area contributed by atoms with E-state index in [0.717, 1.165) is 30.4 Å². The number of nitrogens with zero attached hydrogens (tertiary/aromatic N) is 1. The van der Waals surface area contributed by atoms with Crippen molar-refractivity contribution >= 4 is 12.1 Å². The molecule has 1 aliphatic carbocycles. The summed E-state index contributed by atoms with van der Waals surface area (Å²) < 4.78 is 24.6. The third kappa shape index (κ3) is 4.31. The Labute approximate surface area is 166 Å². The zero-order chi connectivity index (χ0) is 20.5. The molecule has 0 saturated carbocycles. The lowest BCUT2D eigenvalue weighted by Crippen LogP contribution is -2.46. The fraction of sp³-hybridized carbons (Fsp3) is 0.636. The van der Waals surface area contributed by atoms with Gasteiger partial charge in [0.1, 0.15) is 11.4 Å². The lowest BCUT2D eigenvalue weighted by atomic mass is 9.73. The topological polar surface area (TPSA) is 55.8 Å². The number of carbonyl (C=O) groups excluding carboxylic acids is 2. The van der Waals surface area contributed by atoms with Crippen molar-refractivity contribution in [2.24, 2.45) is 0 Å². The van der Waals surface area contributed by atoms with Crippen LogP contribution in [0.25, 0.3) is 0 Å². The van der Waals surface area contributed by atoms with Crippen LogP contribution in [0.1, 0.15) is 70.4 Å². The van der Waals surface area contributed by atoms with E-state index in [2.05, 4.69) is 0 Å². The van der Waals surface area contributed by atoms with Gasteiger partial charge in [0.25, 0.3) is 0 Å². The van der Waals surface area contributed by atoms with Gasteiger partial charge in [-0.1, -0.05) is 6.07 Å². The average molecular weight is 391 g/mol. The van der Waals surface area contributed by atoms with E-state index in [1.54, 1.807) is 17.9 Å². The van der Waals surface area contributed by atoms with Crippen LogP contribution >= 0.6 is 0 Å². The molecule has 1 aromatic carbocycles. The lowest BCUT2D eigenvalue weighted by molar-refractivity contribution is -0.143. The fourth-order valence-electron chi connectivity index (χ4n) is 4.56. The molecular formula is C22H30FNO4. The second kappa shape index (κ2) is 7.72. The molecule has 2 aliphatic rings. The van der Waals surface area contributed by atoms with E-state index in [9.17, 15) is 14.0 Å². The second-order valence-electron chi connectivity index (χ2n) is 8.89. The predicted octanol–water partition coefficient (Wildman–Crippen LogP) is 4.53. The molecule has 28 heavy (non-hydrogen) atoms. The second-order valence-corrected chi connectivity index (χ2v) is 8.89. The number of carbonyl (C=O) groups is 2. The first-order chi connectivity index (χ1) is 13.1. The van der Waals surface area contributed by atoms with Gasteiger partial charge in [0, 0.05) is 13.1 Å². The number of fused-ring (bicyclic) bond motifs is 2. The van der Waals surface area contributed by atoms with Crippen molar-refractivity contribution in [3.63, 3.8) is 0 Å². The molecule has 0 unspecified atom stereocenters. The molecule has 1 heterocycles. The number of benzene rings is 1. The number of esters is 1. The van der Waals surface area contributed by atoms with Gasteiger partial charge in [0.05, 0.1) is 13.0 Å². The van der Waals surface area contributed by atoms with Gasteiger partial charge < -0.3 is 14.4 Å². The Hall–Kier alpha value is -2.11. The van der Waals surface area contributed by atoms with Crippen LogP contribution in [0, 0.1) is 5.82 Å². The van der Waals surface area contributed by atoms with Gasteiger partial charge in [-0.15, -0.1) is 0 Å². The van der Waals surface area contributed by atoms with Crippen LogP contribution in [0.4, 0.5) is 9.18 Å². The van der Waals surface area contributed by atoms with Gasteiger partial charge in [-0.3, -0.25) is 4.79 Å². The maximum atomic E-state index is 14.0. The zero-order valence-electron chi connectivity index (χ0n) is 17.2. The molecule has 0 radical (unpaired) electrons. The largest absolute Gasteiger partial charge is 0.466 e. The van der Waals surface area contributed by atoms with Gasteiger partial charge in [-0.2, -0.15) is 0 Å². The van der Waals surface area contributed by atoms with E-state index in [1.807, 2.05) is 26.8 Å². The number of piperidine rings is 1. The standard InChI is InChI=1S/C22H30FNO4/c1-5-27-19(25)12-15-14-22(18-13-16(23)6-7-17(15)18)8-10-24(11-9-22)20(26)28-21(2,3)4/h6-7,13,15H,5,8-12,14H2,1-4H3/t15-/m0/s1. The van der Waals surface area contributed by atoms with E-state index in [0.29, 0.717) is 26.1 Å². The van der Waals surface area contributed by atoms with Crippen molar-refractivity contribution in [3.8, 4) is 0 Å². The summed E-state index contributed by atoms with van der Waals surface area (Å²) in [6.45, 7) is 8.85. The zero-order valence-corrected chi connectivity index (χ0v) is 17.2. The molecule has 1 spiro atoms. The highest BCUT2D eigenvalue weighted by Gasteiger charge is 2.47. The highest BCUT2D eigenvalue weighted by Crippen LogP contribution is 2.53. The molecule has 1 amide bonds. The number of ether oxygens (including phenoxy) is 2. The van der Waals surface area contributed by atoms with E-state index in [4.69, 9.17) is 9.47 Å². The van der Waals surface area contributed by atoms with Gasteiger partial charge in [0.15, 0.2) is 0 Å². The number of amides is 1. The predicted molar refractivity (Wildman–Crippen MR) is 104 cm³/mol. The number of rotatable bonds is 3. The van der Waals surface area contributed by atoms with E-state index in [1.165, 1.54) is 6.07 Å². The van der Waals surface area contributed by atoms with Crippen LogP contribution in [0.3, 0.4) is 0 Å². The Morgan fingerprint density at radius 3 is 2.54 bits per heavy atom. The summed E-state index contributed by atoms with van der Waals surface area (Å²) in [5.41, 5.74) is 1.30. The van der Waals surface area contributed by atoms with Crippen molar-refractivity contribution in [2.45, 2.75) is 70.3 Å². The molecule has 0 bridgehead atoms. The highest BCUT2D eigenvalue weighted by molar-refractivity contribution is 5.71. The summed E-state index contributed by atoms with van der Waals surface area (Å²) in [5.74, 6) is -0.446. The summed E-state index contributed by atoms with van der Waals surface area (Å²) in [6.07, 6.45) is 2.27. The normalized spacial score (nSPS) is 20.8. The lowest BCUT2D eigenvalue weighted by Gasteiger charge is -2.40. The van der Waals surface area contributed by atoms with Crippen molar-refractivity contribution in [1.29, 1.82) is 0 Å². The summed E-state index contributed by atoms with van der Waals surface area (Å²) in [5, 5.41) is 0. The van der Waals surface area contributed by atoms with Gasteiger partial charge in [-0.25, -0.2) is 9.18 Å². The van der Waals surface area contributed by atoms with E-state index < -0.39 is 5.60 Å². The first kappa shape index (κ1) is 20.6. The van der Waals surface area contributed by atoms with Crippen LogP contribution in [-0.4, -0.2) is 42.3 Å². The summed E-state index contributed by atoms with van der Waals surface area (Å²) >= 11 is 0. The van der Waals surface area contributed by atoms with E-state index >= 15 is 0 Å². The van der Waals surface area contributed by atoms with Crippen molar-refractivity contribution in [2.75, 3.05) is 19.7 Å². The molecule has 0 N–H and O–H groups in total. The van der Waals surface area contributed by atoms with Crippen molar-refractivity contribution in [1.82, 2.24) is 4.90 Å². The van der Waals surface area contributed by atoms with Crippen LogP contribution in [-0.2, 0) is 19.7 Å². The third-order valence-electron chi connectivity index (χ3n) is 5.75. The molecule has 154 valence electrons. The number of halogens is 1. The molecule has 0 aromatic heterocycles.